The molecule has 1 aliphatic rings. The lowest BCUT2D eigenvalue weighted by atomic mass is 9.97. The maximum atomic E-state index is 12.5. The fraction of sp³-hybridized carbons (Fsp3) is 0.600. The molecule has 1 heterocycles. The number of nitrogens with one attached hydrogen (secondary N) is 1. The van der Waals surface area contributed by atoms with Crippen molar-refractivity contribution in [2.75, 3.05) is 25.7 Å². The molecule has 1 saturated heterocycles. The Hall–Kier alpha value is -2.24. The monoisotopic (exact) mass is 362 g/mol. The van der Waals surface area contributed by atoms with Crippen molar-refractivity contribution in [3.05, 3.63) is 18.2 Å². The summed E-state index contributed by atoms with van der Waals surface area (Å²) in [6.07, 6.45) is 4.07. The van der Waals surface area contributed by atoms with Crippen molar-refractivity contribution in [3.8, 4) is 11.5 Å². The summed E-state index contributed by atoms with van der Waals surface area (Å²) in [6, 6.07) is 5.25. The summed E-state index contributed by atoms with van der Waals surface area (Å²) in [5, 5.41) is 3.07. The first-order valence-electron chi connectivity index (χ1n) is 9.36. The van der Waals surface area contributed by atoms with E-state index < -0.39 is 0 Å². The molecule has 1 aromatic carbocycles. The summed E-state index contributed by atoms with van der Waals surface area (Å²) >= 11 is 0. The van der Waals surface area contributed by atoms with Crippen LogP contribution < -0.4 is 19.7 Å². The van der Waals surface area contributed by atoms with E-state index in [2.05, 4.69) is 19.2 Å². The molecule has 1 N–H and O–H groups in total. The number of hydrogen-bond acceptors (Lipinski definition) is 4. The molecule has 0 unspecified atom stereocenters. The molecule has 6 nitrogen and oxygen atoms in total. The van der Waals surface area contributed by atoms with Crippen LogP contribution in [0.5, 0.6) is 11.5 Å². The van der Waals surface area contributed by atoms with Crippen molar-refractivity contribution in [1.82, 2.24) is 5.32 Å². The minimum absolute atomic E-state index is 0.00468. The number of benzene rings is 1. The fourth-order valence-corrected chi connectivity index (χ4v) is 3.47. The summed E-state index contributed by atoms with van der Waals surface area (Å²) in [4.78, 5) is 26.7. The molecule has 0 spiro atoms. The highest BCUT2D eigenvalue weighted by molar-refractivity contribution is 5.97. The Morgan fingerprint density at radius 1 is 1.19 bits per heavy atom. The number of methoxy groups -OCH3 is 2. The third kappa shape index (κ3) is 4.68. The molecule has 0 radical (unpaired) electrons. The molecule has 26 heavy (non-hydrogen) atoms. The fourth-order valence-electron chi connectivity index (χ4n) is 3.47. The molecule has 0 aliphatic carbocycles. The number of carbonyl (C=O) groups excluding carboxylic acids is 2. The maximum Gasteiger partial charge on any atom is 0.229 e. The lowest BCUT2D eigenvalue weighted by Crippen LogP contribution is -2.40. The van der Waals surface area contributed by atoms with Crippen LogP contribution in [0.3, 0.4) is 0 Å². The maximum absolute atomic E-state index is 12.5. The van der Waals surface area contributed by atoms with Gasteiger partial charge in [0, 0.05) is 30.6 Å². The normalized spacial score (nSPS) is 16.9. The van der Waals surface area contributed by atoms with Crippen molar-refractivity contribution in [1.29, 1.82) is 0 Å². The lowest BCUT2D eigenvalue weighted by Gasteiger charge is -2.20. The Balaban J connectivity index is 2.05. The average Bonchev–Trinajstić information content (AvgIpc) is 3.00. The van der Waals surface area contributed by atoms with E-state index in [1.807, 2.05) is 6.07 Å². The predicted octanol–water partition coefficient (Wildman–Crippen LogP) is 3.14. The Kier molecular flexibility index (Phi) is 7.30. The van der Waals surface area contributed by atoms with E-state index >= 15 is 0 Å². The first-order chi connectivity index (χ1) is 12.5. The largest absolute Gasteiger partial charge is 0.493 e. The summed E-state index contributed by atoms with van der Waals surface area (Å²) in [6.45, 7) is 4.66. The zero-order chi connectivity index (χ0) is 19.1. The minimum Gasteiger partial charge on any atom is -0.493 e. The average molecular weight is 362 g/mol. The van der Waals surface area contributed by atoms with E-state index in [1.54, 1.807) is 31.3 Å². The van der Waals surface area contributed by atoms with E-state index in [0.717, 1.165) is 31.4 Å². The van der Waals surface area contributed by atoms with Crippen molar-refractivity contribution >= 4 is 17.5 Å². The summed E-state index contributed by atoms with van der Waals surface area (Å²) in [5.41, 5.74) is 0.753. The molecular formula is C20H30N2O4. The Morgan fingerprint density at radius 2 is 1.85 bits per heavy atom. The molecule has 1 fully saturated rings. The highest BCUT2D eigenvalue weighted by atomic mass is 16.5. The number of amides is 2. The van der Waals surface area contributed by atoms with Gasteiger partial charge >= 0.3 is 0 Å². The van der Waals surface area contributed by atoms with E-state index in [0.29, 0.717) is 24.5 Å². The van der Waals surface area contributed by atoms with Gasteiger partial charge in [-0.3, -0.25) is 9.59 Å². The van der Waals surface area contributed by atoms with Crippen LogP contribution in [-0.4, -0.2) is 38.6 Å². The second kappa shape index (κ2) is 9.46. The summed E-state index contributed by atoms with van der Waals surface area (Å²) < 4.78 is 10.6. The van der Waals surface area contributed by atoms with E-state index in [9.17, 15) is 9.59 Å². The van der Waals surface area contributed by atoms with Gasteiger partial charge in [-0.1, -0.05) is 26.7 Å². The summed E-state index contributed by atoms with van der Waals surface area (Å²) in [7, 11) is 3.14. The molecule has 1 aromatic rings. The zero-order valence-electron chi connectivity index (χ0n) is 16.2. The number of anilines is 1. The van der Waals surface area contributed by atoms with Crippen LogP contribution in [0.2, 0.25) is 0 Å². The van der Waals surface area contributed by atoms with Gasteiger partial charge in [-0.15, -0.1) is 0 Å². The molecule has 0 bridgehead atoms. The van der Waals surface area contributed by atoms with Crippen LogP contribution in [0.1, 0.15) is 46.0 Å². The van der Waals surface area contributed by atoms with E-state index in [-0.39, 0.29) is 23.8 Å². The van der Waals surface area contributed by atoms with Crippen LogP contribution in [-0.2, 0) is 9.59 Å². The second-order valence-electron chi connectivity index (χ2n) is 6.73. The first-order valence-corrected chi connectivity index (χ1v) is 9.36. The van der Waals surface area contributed by atoms with Crippen LogP contribution in [0.25, 0.3) is 0 Å². The van der Waals surface area contributed by atoms with Gasteiger partial charge in [-0.25, -0.2) is 0 Å². The van der Waals surface area contributed by atoms with Crippen molar-refractivity contribution in [2.45, 2.75) is 52.0 Å². The molecule has 2 rings (SSSR count). The lowest BCUT2D eigenvalue weighted by molar-refractivity contribution is -0.126. The van der Waals surface area contributed by atoms with Gasteiger partial charge in [0.1, 0.15) is 0 Å². The predicted molar refractivity (Wildman–Crippen MR) is 102 cm³/mol. The van der Waals surface area contributed by atoms with Gasteiger partial charge in [-0.05, 0) is 25.0 Å². The Bertz CT molecular complexity index is 626. The third-order valence-corrected chi connectivity index (χ3v) is 4.80. The van der Waals surface area contributed by atoms with Crippen molar-refractivity contribution < 1.29 is 19.1 Å². The number of nitrogens with zero attached hydrogens (tertiary/aromatic N) is 1. The molecular weight excluding hydrogens is 332 g/mol. The van der Waals surface area contributed by atoms with Gasteiger partial charge in [-0.2, -0.15) is 0 Å². The smallest absolute Gasteiger partial charge is 0.229 e. The number of ether oxygens (including phenoxy) is 2. The molecule has 0 saturated carbocycles. The third-order valence-electron chi connectivity index (χ3n) is 4.80. The molecule has 2 amide bonds. The van der Waals surface area contributed by atoms with E-state index in [1.165, 1.54) is 0 Å². The number of carbonyl (C=O) groups is 2. The Labute approximate surface area is 155 Å². The number of rotatable bonds is 9. The SMILES string of the molecule is CCCC(CCC)C(=O)N[C@@H]1CC(=O)N(c2ccc(OC)c(OC)c2)C1. The van der Waals surface area contributed by atoms with Gasteiger partial charge in [0.05, 0.1) is 20.3 Å². The second-order valence-corrected chi connectivity index (χ2v) is 6.73. The van der Waals surface area contributed by atoms with Crippen LogP contribution in [0.4, 0.5) is 5.69 Å². The standard InChI is InChI=1S/C20H30N2O4/c1-5-7-14(8-6-2)20(24)21-15-11-19(23)22(13-15)16-9-10-17(25-3)18(12-16)26-4/h9-10,12,14-15H,5-8,11,13H2,1-4H3,(H,21,24)/t15-/m1/s1. The van der Waals surface area contributed by atoms with Gasteiger partial charge in [0.2, 0.25) is 11.8 Å². The molecule has 144 valence electrons. The highest BCUT2D eigenvalue weighted by Gasteiger charge is 2.33. The van der Waals surface area contributed by atoms with Crippen molar-refractivity contribution in [2.24, 2.45) is 5.92 Å². The van der Waals surface area contributed by atoms with Gasteiger partial charge < -0.3 is 19.7 Å². The van der Waals surface area contributed by atoms with Crippen LogP contribution >= 0.6 is 0 Å². The highest BCUT2D eigenvalue weighted by Crippen LogP contribution is 2.33. The molecule has 0 aromatic heterocycles. The first kappa shape index (κ1) is 20.1. The zero-order valence-corrected chi connectivity index (χ0v) is 16.2. The van der Waals surface area contributed by atoms with Crippen molar-refractivity contribution in [3.63, 3.8) is 0 Å². The summed E-state index contributed by atoms with van der Waals surface area (Å²) in [5.74, 6) is 1.31. The molecule has 1 aliphatic heterocycles. The Morgan fingerprint density at radius 3 is 2.42 bits per heavy atom. The van der Waals surface area contributed by atoms with E-state index in [4.69, 9.17) is 9.47 Å². The van der Waals surface area contributed by atoms with Gasteiger partial charge in [0.15, 0.2) is 11.5 Å². The molecule has 1 atom stereocenters. The van der Waals surface area contributed by atoms with Gasteiger partial charge in [0.25, 0.3) is 0 Å². The van der Waals surface area contributed by atoms with Crippen LogP contribution in [0.15, 0.2) is 18.2 Å². The molecule has 6 heteroatoms. The minimum atomic E-state index is -0.153. The van der Waals surface area contributed by atoms with Crippen LogP contribution in [0, 0.1) is 5.92 Å². The number of hydrogen-bond donors (Lipinski definition) is 1. The topological polar surface area (TPSA) is 67.9 Å². The quantitative estimate of drug-likeness (QED) is 0.733.